The molecule has 0 aliphatic heterocycles. The van der Waals surface area contributed by atoms with Crippen LogP contribution in [0.1, 0.15) is 29.3 Å². The zero-order valence-electron chi connectivity index (χ0n) is 15.5. The van der Waals surface area contributed by atoms with Gasteiger partial charge in [-0.2, -0.15) is 0 Å². The smallest absolute Gasteiger partial charge is 0.322 e. The lowest BCUT2D eigenvalue weighted by molar-refractivity contribution is -0.135. The molecule has 30 heavy (non-hydrogen) atoms. The Morgan fingerprint density at radius 2 is 1.80 bits per heavy atom. The first kappa shape index (κ1) is 24.1. The molecule has 0 aliphatic carbocycles. The maximum atomic E-state index is 14.7. The summed E-state index contributed by atoms with van der Waals surface area (Å²) in [5, 5.41) is 13.6. The number of anilines is 1. The zero-order chi connectivity index (χ0) is 22.4. The molecule has 2 aromatic carbocycles. The number of nitrogens with one attached hydrogen (secondary N) is 2. The fourth-order valence-electron chi connectivity index (χ4n) is 2.32. The minimum atomic E-state index is -1.17. The Kier molecular flexibility index (Phi) is 8.63. The monoisotopic (exact) mass is 564 g/mol. The van der Waals surface area contributed by atoms with E-state index in [4.69, 9.17) is 21.4 Å². The third kappa shape index (κ3) is 6.41. The van der Waals surface area contributed by atoms with E-state index < -0.39 is 24.2 Å². The van der Waals surface area contributed by atoms with Gasteiger partial charge in [0.25, 0.3) is 5.91 Å². The van der Waals surface area contributed by atoms with Crippen molar-refractivity contribution in [1.29, 1.82) is 0 Å². The van der Waals surface area contributed by atoms with Gasteiger partial charge in [0.15, 0.2) is 5.82 Å². The highest BCUT2D eigenvalue weighted by atomic mass is 79.9. The van der Waals surface area contributed by atoms with Crippen molar-refractivity contribution in [2.45, 2.75) is 20.0 Å². The first-order valence-corrected chi connectivity index (χ1v) is 10.5. The fraction of sp³-hybridized carbons (Fsp3) is 0.211. The number of hydrogen-bond donors (Lipinski definition) is 3. The maximum absolute atomic E-state index is 14.7. The summed E-state index contributed by atoms with van der Waals surface area (Å²) < 4.78 is 21.1. The van der Waals surface area contributed by atoms with Crippen molar-refractivity contribution >= 4 is 66.9 Å². The lowest BCUT2D eigenvalue weighted by Gasteiger charge is -2.14. The molecule has 160 valence electrons. The van der Waals surface area contributed by atoms with E-state index in [2.05, 4.69) is 42.5 Å². The molecule has 0 aliphatic rings. The lowest BCUT2D eigenvalue weighted by Crippen LogP contribution is -2.29. The maximum Gasteiger partial charge on any atom is 0.322 e. The van der Waals surface area contributed by atoms with E-state index >= 15 is 0 Å². The normalized spacial score (nSPS) is 10.4. The van der Waals surface area contributed by atoms with Gasteiger partial charge in [-0.15, -0.1) is 0 Å². The van der Waals surface area contributed by atoms with Crippen LogP contribution in [0.4, 0.5) is 10.1 Å². The van der Waals surface area contributed by atoms with Crippen LogP contribution in [0.5, 0.6) is 5.75 Å². The van der Waals surface area contributed by atoms with Gasteiger partial charge in [-0.05, 0) is 56.1 Å². The van der Waals surface area contributed by atoms with E-state index in [9.17, 15) is 18.8 Å². The highest BCUT2D eigenvalue weighted by molar-refractivity contribution is 9.11. The van der Waals surface area contributed by atoms with Gasteiger partial charge in [0.05, 0.1) is 14.6 Å². The fourth-order valence-corrected chi connectivity index (χ4v) is 3.97. The Balaban J connectivity index is 2.21. The minimum Gasteiger partial charge on any atom is -0.486 e. The van der Waals surface area contributed by atoms with E-state index in [0.717, 1.165) is 0 Å². The molecule has 0 spiro atoms. The van der Waals surface area contributed by atoms with Gasteiger partial charge in [0.2, 0.25) is 5.91 Å². The Labute approximate surface area is 193 Å². The van der Waals surface area contributed by atoms with Crippen LogP contribution >= 0.6 is 43.5 Å². The number of hydrogen-bond acceptors (Lipinski definition) is 4. The minimum absolute atomic E-state index is 0.0449. The molecule has 0 heterocycles. The average molecular weight is 567 g/mol. The largest absolute Gasteiger partial charge is 0.486 e. The second-order valence-electron chi connectivity index (χ2n) is 5.96. The van der Waals surface area contributed by atoms with E-state index in [0.29, 0.717) is 14.7 Å². The molecule has 3 N–H and O–H groups in total. The topological polar surface area (TPSA) is 105 Å². The standard InChI is InChI=1S/C19H16Br2ClFN2O5/c1-2-15(26)25-14-6-11(22)3-10(17(14)23)8-30-18-12(20)4-9(5-13(18)21)19(29)24-7-16(27)28/h3-6H,2,7-8H2,1H3,(H,24,29)(H,25,26)(H,27,28). The molecule has 0 atom stereocenters. The Morgan fingerprint density at radius 3 is 2.37 bits per heavy atom. The summed E-state index contributed by atoms with van der Waals surface area (Å²) in [5.41, 5.74) is 0.272. The van der Waals surface area contributed by atoms with Crippen LogP contribution in [0.3, 0.4) is 0 Å². The summed E-state index contributed by atoms with van der Waals surface area (Å²) >= 11 is 12.6. The van der Waals surface area contributed by atoms with Gasteiger partial charge in [0, 0.05) is 22.6 Å². The molecule has 0 bridgehead atoms. The molecule has 0 fully saturated rings. The Morgan fingerprint density at radius 1 is 1.17 bits per heavy atom. The Hall–Kier alpha value is -2.17. The van der Waals surface area contributed by atoms with Crippen LogP contribution in [0.2, 0.25) is 5.02 Å². The Bertz CT molecular complexity index is 980. The number of amides is 2. The molecule has 2 aromatic rings. The van der Waals surface area contributed by atoms with Crippen molar-refractivity contribution in [1.82, 2.24) is 5.32 Å². The number of rotatable bonds is 8. The predicted molar refractivity (Wildman–Crippen MR) is 116 cm³/mol. The second-order valence-corrected chi connectivity index (χ2v) is 8.11. The number of aliphatic carboxylic acids is 1. The molecule has 2 rings (SSSR count). The number of carbonyl (C=O) groups is 3. The molecule has 7 nitrogen and oxygen atoms in total. The summed E-state index contributed by atoms with van der Waals surface area (Å²) in [4.78, 5) is 34.2. The van der Waals surface area contributed by atoms with Gasteiger partial charge in [-0.3, -0.25) is 14.4 Å². The number of benzene rings is 2. The third-order valence-corrected chi connectivity index (χ3v) is 5.14. The highest BCUT2D eigenvalue weighted by Gasteiger charge is 2.17. The van der Waals surface area contributed by atoms with Gasteiger partial charge in [-0.1, -0.05) is 18.5 Å². The first-order valence-electron chi connectivity index (χ1n) is 8.52. The molecule has 0 unspecified atom stereocenters. The number of ether oxygens (including phenoxy) is 1. The summed E-state index contributed by atoms with van der Waals surface area (Å²) in [6.45, 7) is 0.920. The molecular formula is C19H16Br2ClFN2O5. The third-order valence-electron chi connectivity index (χ3n) is 3.74. The van der Waals surface area contributed by atoms with Crippen molar-refractivity contribution in [2.24, 2.45) is 0 Å². The lowest BCUT2D eigenvalue weighted by atomic mass is 10.1. The van der Waals surface area contributed by atoms with Gasteiger partial charge >= 0.3 is 5.97 Å². The van der Waals surface area contributed by atoms with Gasteiger partial charge in [0.1, 0.15) is 18.9 Å². The molecule has 0 radical (unpaired) electrons. The van der Waals surface area contributed by atoms with Crippen LogP contribution < -0.4 is 15.4 Å². The molecule has 0 saturated heterocycles. The predicted octanol–water partition coefficient (Wildman–Crippen LogP) is 4.75. The van der Waals surface area contributed by atoms with Gasteiger partial charge < -0.3 is 20.5 Å². The average Bonchev–Trinajstić information content (AvgIpc) is 2.68. The molecule has 2 amide bonds. The summed E-state index contributed by atoms with van der Waals surface area (Å²) in [6.07, 6.45) is 0.185. The number of carboxylic acids is 1. The van der Waals surface area contributed by atoms with Crippen molar-refractivity contribution in [3.05, 3.63) is 55.2 Å². The summed E-state index contributed by atoms with van der Waals surface area (Å²) in [6, 6.07) is 5.58. The van der Waals surface area contributed by atoms with E-state index in [1.165, 1.54) is 24.3 Å². The van der Waals surface area contributed by atoms with E-state index in [1.54, 1.807) is 6.92 Å². The molecule has 11 heteroatoms. The number of halogens is 4. The SMILES string of the molecule is CCC(=O)Nc1cc(Cl)cc(COc2c(Br)cc(C(=O)NCC(=O)O)cc2Br)c1F. The first-order chi connectivity index (χ1) is 14.1. The number of carboxylic acid groups (broad SMARTS) is 1. The van der Waals surface area contributed by atoms with Crippen LogP contribution in [0.15, 0.2) is 33.2 Å². The summed E-state index contributed by atoms with van der Waals surface area (Å²) in [5.74, 6) is -2.48. The van der Waals surface area contributed by atoms with E-state index in [1.807, 2.05) is 0 Å². The van der Waals surface area contributed by atoms with Crippen LogP contribution in [0.25, 0.3) is 0 Å². The molecule has 0 saturated carbocycles. The van der Waals surface area contributed by atoms with Crippen LogP contribution in [-0.2, 0) is 16.2 Å². The second kappa shape index (κ2) is 10.7. The van der Waals surface area contributed by atoms with Crippen molar-refractivity contribution in [2.75, 3.05) is 11.9 Å². The molecular weight excluding hydrogens is 550 g/mol. The highest BCUT2D eigenvalue weighted by Crippen LogP contribution is 2.36. The zero-order valence-corrected chi connectivity index (χ0v) is 19.5. The van der Waals surface area contributed by atoms with Crippen molar-refractivity contribution in [3.63, 3.8) is 0 Å². The molecule has 0 aromatic heterocycles. The summed E-state index contributed by atoms with van der Waals surface area (Å²) in [7, 11) is 0. The number of carbonyl (C=O) groups excluding carboxylic acids is 2. The van der Waals surface area contributed by atoms with E-state index in [-0.39, 0.29) is 40.8 Å². The van der Waals surface area contributed by atoms with Crippen molar-refractivity contribution in [3.8, 4) is 5.75 Å². The quantitative estimate of drug-likeness (QED) is 0.428. The van der Waals surface area contributed by atoms with Crippen LogP contribution in [0, 0.1) is 5.82 Å². The van der Waals surface area contributed by atoms with Crippen LogP contribution in [-0.4, -0.2) is 29.4 Å². The van der Waals surface area contributed by atoms with Gasteiger partial charge in [-0.25, -0.2) is 4.39 Å². The van der Waals surface area contributed by atoms with Crippen molar-refractivity contribution < 1.29 is 28.6 Å².